The molecular weight excluding hydrogens is 704 g/mol. The summed E-state index contributed by atoms with van der Waals surface area (Å²) in [6.45, 7) is 32.6. The normalized spacial score (nSPS) is 28.2. The summed E-state index contributed by atoms with van der Waals surface area (Å²) in [7, 11) is 0. The fourth-order valence-electron chi connectivity index (χ4n) is 12.2. The fourth-order valence-corrected chi connectivity index (χ4v) is 13.2. The lowest BCUT2D eigenvalue weighted by molar-refractivity contribution is 0.324. The number of halogens is 1. The first-order valence-electron chi connectivity index (χ1n) is 21.8. The van der Waals surface area contributed by atoms with Crippen LogP contribution >= 0.6 is 15.9 Å². The molecule has 0 heterocycles. The van der Waals surface area contributed by atoms with Gasteiger partial charge in [-0.25, -0.2) is 0 Å². The highest BCUT2D eigenvalue weighted by Crippen LogP contribution is 2.69. The summed E-state index contributed by atoms with van der Waals surface area (Å²) < 4.78 is -0.387. The minimum atomic E-state index is -0.387. The molecule has 2 bridgehead atoms. The number of benzene rings is 3. The van der Waals surface area contributed by atoms with E-state index in [9.17, 15) is 0 Å². The highest BCUT2D eigenvalue weighted by Gasteiger charge is 2.60. The molecule has 3 aromatic rings. The van der Waals surface area contributed by atoms with E-state index in [1.807, 2.05) is 0 Å². The van der Waals surface area contributed by atoms with Gasteiger partial charge in [-0.2, -0.15) is 0 Å². The summed E-state index contributed by atoms with van der Waals surface area (Å²) in [6.07, 6.45) is 16.6. The Hall–Kier alpha value is -1.86. The van der Waals surface area contributed by atoms with Gasteiger partial charge >= 0.3 is 0 Å². The maximum Gasteiger partial charge on any atom is 0.101 e. The molecule has 0 atom stereocenters. The minimum absolute atomic E-state index is 0.155. The van der Waals surface area contributed by atoms with E-state index in [0.29, 0.717) is 0 Å². The predicted molar refractivity (Wildman–Crippen MR) is 232 cm³/mol. The average Bonchev–Trinajstić information content (AvgIpc) is 3.09. The van der Waals surface area contributed by atoms with Crippen LogP contribution in [-0.4, -0.2) is 0 Å². The topological polar surface area (TPSA) is 0 Å². The van der Waals surface area contributed by atoms with Crippen LogP contribution in [-0.2, 0) is 42.2 Å². The van der Waals surface area contributed by atoms with Gasteiger partial charge in [0.2, 0.25) is 0 Å². The van der Waals surface area contributed by atoms with Gasteiger partial charge < -0.3 is 0 Å². The van der Waals surface area contributed by atoms with E-state index in [4.69, 9.17) is 15.9 Å². The molecule has 0 spiro atoms. The second kappa shape index (κ2) is 11.8. The molecule has 0 fully saturated rings. The van der Waals surface area contributed by atoms with Gasteiger partial charge in [0.15, 0.2) is 0 Å². The lowest BCUT2D eigenvalue weighted by Crippen LogP contribution is -2.51. The van der Waals surface area contributed by atoms with E-state index in [1.54, 1.807) is 66.8 Å². The summed E-state index contributed by atoms with van der Waals surface area (Å²) in [6, 6.07) is 16.7. The van der Waals surface area contributed by atoms with Gasteiger partial charge in [0, 0.05) is 5.41 Å². The van der Waals surface area contributed by atoms with Crippen LogP contribution in [0.1, 0.15) is 240 Å². The van der Waals surface area contributed by atoms with Crippen LogP contribution in [0.2, 0.25) is 0 Å². The van der Waals surface area contributed by atoms with E-state index in [1.165, 1.54) is 83.5 Å². The van der Waals surface area contributed by atoms with Gasteiger partial charge in [0.25, 0.3) is 0 Å². The molecule has 53 heavy (non-hydrogen) atoms. The molecule has 0 saturated heterocycles. The third-order valence-corrected chi connectivity index (χ3v) is 17.7. The van der Waals surface area contributed by atoms with E-state index in [2.05, 4.69) is 126 Å². The van der Waals surface area contributed by atoms with Gasteiger partial charge in [-0.05, 0) is 144 Å². The van der Waals surface area contributed by atoms with Crippen molar-refractivity contribution in [2.45, 2.75) is 216 Å². The zero-order valence-electron chi connectivity index (χ0n) is 36.0. The number of fused-ring (bicyclic) bond motifs is 3. The van der Waals surface area contributed by atoms with Crippen LogP contribution in [0, 0.1) is 0 Å². The molecule has 0 amide bonds. The number of rotatable bonds is 7. The SMILES string of the molecule is CCCCCCCCC12c3cc4c(cc3C(Br)(c3cc5c(cc31)C(C)(C)CCC5(C)C)c1cc3c(cc12)C(C)(C)CCC3(C)C)C(C)(C)CCC4(C)C. The largest absolute Gasteiger partial charge is 0.101 e. The Balaban J connectivity index is 1.51. The lowest BCUT2D eigenvalue weighted by atomic mass is 9.47. The molecule has 9 rings (SSSR count). The van der Waals surface area contributed by atoms with Crippen molar-refractivity contribution in [3.63, 3.8) is 0 Å². The summed E-state index contributed by atoms with van der Waals surface area (Å²) in [5.41, 5.74) is 19.9. The van der Waals surface area contributed by atoms with Gasteiger partial charge in [-0.1, -0.05) is 181 Å². The molecular formula is C52H71Br. The molecule has 0 radical (unpaired) electrons. The predicted octanol–water partition coefficient (Wildman–Crippen LogP) is 15.1. The zero-order valence-corrected chi connectivity index (χ0v) is 37.6. The molecule has 0 unspecified atom stereocenters. The lowest BCUT2D eigenvalue weighted by Gasteiger charge is -2.58. The summed E-state index contributed by atoms with van der Waals surface area (Å²) in [5, 5.41) is 0. The van der Waals surface area contributed by atoms with Crippen molar-refractivity contribution in [2.75, 3.05) is 0 Å². The quantitative estimate of drug-likeness (QED) is 0.166. The smallest absolute Gasteiger partial charge is 0.0695 e. The zero-order chi connectivity index (χ0) is 38.4. The maximum atomic E-state index is 4.85. The Bertz CT molecular complexity index is 1780. The maximum absolute atomic E-state index is 4.85. The van der Waals surface area contributed by atoms with Crippen LogP contribution in [0.4, 0.5) is 0 Å². The Kier molecular flexibility index (Phi) is 8.49. The third kappa shape index (κ3) is 5.29. The molecule has 3 aromatic carbocycles. The number of hydrogen-bond acceptors (Lipinski definition) is 0. The average molecular weight is 776 g/mol. The van der Waals surface area contributed by atoms with Crippen molar-refractivity contribution in [3.8, 4) is 0 Å². The van der Waals surface area contributed by atoms with Gasteiger partial charge in [0.05, 0.1) is 0 Å². The van der Waals surface area contributed by atoms with Crippen molar-refractivity contribution in [1.29, 1.82) is 0 Å². The van der Waals surface area contributed by atoms with Crippen LogP contribution < -0.4 is 0 Å². The van der Waals surface area contributed by atoms with Crippen LogP contribution in [0.15, 0.2) is 36.4 Å². The molecule has 286 valence electrons. The molecule has 1 heteroatoms. The molecule has 0 aliphatic heterocycles. The van der Waals surface area contributed by atoms with E-state index >= 15 is 0 Å². The molecule has 0 N–H and O–H groups in total. The number of hydrogen-bond donors (Lipinski definition) is 0. The molecule has 0 aromatic heterocycles. The van der Waals surface area contributed by atoms with Crippen LogP contribution in [0.3, 0.4) is 0 Å². The van der Waals surface area contributed by atoms with E-state index in [0.717, 1.165) is 0 Å². The summed E-state index contributed by atoms with van der Waals surface area (Å²) in [5.74, 6) is 0. The standard InChI is InChI=1S/C52H71Br/c1-14-15-16-17-18-19-20-51-39-27-33-36(48(8,9)24-21-45(33,2)3)30-42(39)52(53,43-31-37-34(28-40(43)51)46(4,5)22-25-49(37,10)11)44-32-38-35(29-41(44)51)47(6,7)23-26-50(38,12)13/h27-32H,14-26H2,1-13H3. The highest BCUT2D eigenvalue weighted by atomic mass is 79.9. The number of unbranched alkanes of at least 4 members (excludes halogenated alkanes) is 5. The van der Waals surface area contributed by atoms with Crippen LogP contribution in [0.25, 0.3) is 0 Å². The van der Waals surface area contributed by atoms with E-state index < -0.39 is 0 Å². The molecule has 0 saturated carbocycles. The van der Waals surface area contributed by atoms with Crippen molar-refractivity contribution in [2.24, 2.45) is 0 Å². The van der Waals surface area contributed by atoms with Crippen molar-refractivity contribution in [3.05, 3.63) is 103 Å². The Labute approximate surface area is 333 Å². The Morgan fingerprint density at radius 1 is 0.358 bits per heavy atom. The first-order chi connectivity index (χ1) is 24.5. The van der Waals surface area contributed by atoms with Crippen LogP contribution in [0.5, 0.6) is 0 Å². The third-order valence-electron chi connectivity index (χ3n) is 16.4. The minimum Gasteiger partial charge on any atom is -0.0695 e. The first-order valence-corrected chi connectivity index (χ1v) is 22.6. The number of alkyl halides is 1. The molecule has 0 nitrogen and oxygen atoms in total. The van der Waals surface area contributed by atoms with Gasteiger partial charge in [-0.3, -0.25) is 0 Å². The van der Waals surface area contributed by atoms with E-state index in [-0.39, 0.29) is 42.2 Å². The highest BCUT2D eigenvalue weighted by molar-refractivity contribution is 9.10. The van der Waals surface area contributed by atoms with Gasteiger partial charge in [-0.15, -0.1) is 0 Å². The van der Waals surface area contributed by atoms with Crippen molar-refractivity contribution >= 4 is 15.9 Å². The summed E-state index contributed by atoms with van der Waals surface area (Å²) >= 11 is 4.85. The second-order valence-corrected chi connectivity index (χ2v) is 23.9. The van der Waals surface area contributed by atoms with Gasteiger partial charge in [0.1, 0.15) is 4.32 Å². The molecule has 6 aliphatic carbocycles. The fraction of sp³-hybridized carbons (Fsp3) is 0.654. The Morgan fingerprint density at radius 3 is 0.887 bits per heavy atom. The Morgan fingerprint density at radius 2 is 0.604 bits per heavy atom. The molecule has 6 aliphatic rings. The van der Waals surface area contributed by atoms with Crippen molar-refractivity contribution in [1.82, 2.24) is 0 Å². The summed E-state index contributed by atoms with van der Waals surface area (Å²) in [4.78, 5) is 0. The first kappa shape index (κ1) is 38.0. The second-order valence-electron chi connectivity index (χ2n) is 22.7. The van der Waals surface area contributed by atoms with Crippen molar-refractivity contribution < 1.29 is 0 Å². The monoisotopic (exact) mass is 774 g/mol.